The summed E-state index contributed by atoms with van der Waals surface area (Å²) in [5.41, 5.74) is 3.02. The van der Waals surface area contributed by atoms with E-state index in [1.807, 2.05) is 0 Å². The van der Waals surface area contributed by atoms with Crippen LogP contribution in [0.25, 0.3) is 0 Å². The van der Waals surface area contributed by atoms with E-state index in [0.717, 1.165) is 23.7 Å². The Morgan fingerprint density at radius 2 is 0.864 bits per heavy atom. The average Bonchev–Trinajstić information content (AvgIpc) is 2.45. The maximum atomic E-state index is 2.39. The lowest BCUT2D eigenvalue weighted by atomic mass is 9.91. The summed E-state index contributed by atoms with van der Waals surface area (Å²) in [6.45, 7) is 14.1. The summed E-state index contributed by atoms with van der Waals surface area (Å²) in [5, 5.41) is 0. The predicted molar refractivity (Wildman–Crippen MR) is 100 cm³/mol. The number of hydrogen-bond acceptors (Lipinski definition) is 0. The van der Waals surface area contributed by atoms with Crippen molar-refractivity contribution in [1.29, 1.82) is 0 Å². The molecule has 0 spiro atoms. The minimum atomic E-state index is 0.804. The molecule has 0 N–H and O–H groups in total. The zero-order valence-corrected chi connectivity index (χ0v) is 15.9. The highest BCUT2D eigenvalue weighted by atomic mass is 14.1. The Labute approximate surface area is 139 Å². The highest BCUT2D eigenvalue weighted by Gasteiger charge is 2.07. The van der Waals surface area contributed by atoms with Gasteiger partial charge in [0, 0.05) is 0 Å². The Morgan fingerprint density at radius 3 is 1.14 bits per heavy atom. The Balaban J connectivity index is 2.39. The molecule has 0 saturated heterocycles. The third-order valence-corrected chi connectivity index (χ3v) is 4.66. The zero-order valence-electron chi connectivity index (χ0n) is 15.9. The molecule has 1 aromatic carbocycles. The first kappa shape index (κ1) is 19.3. The van der Waals surface area contributed by atoms with Crippen LogP contribution in [-0.2, 0) is 12.8 Å². The van der Waals surface area contributed by atoms with Gasteiger partial charge < -0.3 is 0 Å². The van der Waals surface area contributed by atoms with Gasteiger partial charge in [0.1, 0.15) is 0 Å². The fourth-order valence-electron chi connectivity index (χ4n) is 3.06. The highest BCUT2D eigenvalue weighted by Crippen LogP contribution is 2.20. The topological polar surface area (TPSA) is 0 Å². The quantitative estimate of drug-likeness (QED) is 0.440. The Bertz CT molecular complexity index is 346. The molecular weight excluding hydrogens is 264 g/mol. The standard InChI is InChI=1S/C22H38/c1-17(2)7-9-19(5)15-21-11-13-22(14-12-21)16-20(6)10-8-18(3)4/h11-14,17-20H,7-10,15-16H2,1-6H3. The van der Waals surface area contributed by atoms with Crippen molar-refractivity contribution in [3.05, 3.63) is 35.4 Å². The highest BCUT2D eigenvalue weighted by molar-refractivity contribution is 5.23. The molecule has 0 aliphatic carbocycles. The van der Waals surface area contributed by atoms with Crippen LogP contribution in [0.1, 0.15) is 78.4 Å². The lowest BCUT2D eigenvalue weighted by Crippen LogP contribution is -2.04. The molecule has 0 aromatic heterocycles. The molecule has 0 aliphatic rings. The third-order valence-electron chi connectivity index (χ3n) is 4.66. The van der Waals surface area contributed by atoms with Crippen LogP contribution in [0.2, 0.25) is 0 Å². The van der Waals surface area contributed by atoms with Gasteiger partial charge in [0.25, 0.3) is 0 Å². The van der Waals surface area contributed by atoms with E-state index in [2.05, 4.69) is 65.8 Å². The van der Waals surface area contributed by atoms with Gasteiger partial charge in [0.2, 0.25) is 0 Å². The van der Waals surface area contributed by atoms with Gasteiger partial charge in [-0.2, -0.15) is 0 Å². The van der Waals surface area contributed by atoms with Crippen molar-refractivity contribution in [2.24, 2.45) is 23.7 Å². The molecule has 0 heterocycles. The molecule has 0 amide bonds. The van der Waals surface area contributed by atoms with E-state index in [1.54, 1.807) is 0 Å². The van der Waals surface area contributed by atoms with Gasteiger partial charge in [-0.1, -0.05) is 91.5 Å². The van der Waals surface area contributed by atoms with Crippen LogP contribution in [0.3, 0.4) is 0 Å². The summed E-state index contributed by atoms with van der Waals surface area (Å²) in [6.07, 6.45) is 7.88. The SMILES string of the molecule is CC(C)CCC(C)Cc1ccc(CC(C)CCC(C)C)cc1. The third kappa shape index (κ3) is 8.61. The Hall–Kier alpha value is -0.780. The number of hydrogen-bond donors (Lipinski definition) is 0. The van der Waals surface area contributed by atoms with Crippen LogP contribution in [0.15, 0.2) is 24.3 Å². The maximum Gasteiger partial charge on any atom is -0.0253 e. The Kier molecular flexibility index (Phi) is 8.83. The van der Waals surface area contributed by atoms with Crippen LogP contribution < -0.4 is 0 Å². The summed E-state index contributed by atoms with van der Waals surface area (Å²) < 4.78 is 0. The molecule has 1 aromatic rings. The van der Waals surface area contributed by atoms with Crippen molar-refractivity contribution in [3.8, 4) is 0 Å². The molecule has 0 radical (unpaired) electrons. The van der Waals surface area contributed by atoms with E-state index >= 15 is 0 Å². The number of benzene rings is 1. The van der Waals surface area contributed by atoms with Gasteiger partial charge in [-0.05, 0) is 47.6 Å². The molecule has 2 unspecified atom stereocenters. The van der Waals surface area contributed by atoms with Gasteiger partial charge >= 0.3 is 0 Å². The van der Waals surface area contributed by atoms with Gasteiger partial charge in [-0.25, -0.2) is 0 Å². The summed E-state index contributed by atoms with van der Waals surface area (Å²) >= 11 is 0. The molecule has 2 atom stereocenters. The monoisotopic (exact) mass is 302 g/mol. The predicted octanol–water partition coefficient (Wildman–Crippen LogP) is 6.92. The van der Waals surface area contributed by atoms with E-state index < -0.39 is 0 Å². The van der Waals surface area contributed by atoms with E-state index in [0.29, 0.717) is 0 Å². The largest absolute Gasteiger partial charge is 0.0628 e. The van der Waals surface area contributed by atoms with Gasteiger partial charge in [-0.3, -0.25) is 0 Å². The van der Waals surface area contributed by atoms with Crippen molar-refractivity contribution in [1.82, 2.24) is 0 Å². The fraction of sp³-hybridized carbons (Fsp3) is 0.727. The molecule has 0 bridgehead atoms. The molecule has 0 aliphatic heterocycles. The first-order chi connectivity index (χ1) is 10.4. The average molecular weight is 303 g/mol. The minimum absolute atomic E-state index is 0.804. The molecule has 126 valence electrons. The van der Waals surface area contributed by atoms with Crippen LogP contribution in [0.4, 0.5) is 0 Å². The summed E-state index contributed by atoms with van der Waals surface area (Å²) in [4.78, 5) is 0. The smallest absolute Gasteiger partial charge is 0.0253 e. The second kappa shape index (κ2) is 10.1. The Morgan fingerprint density at radius 1 is 0.545 bits per heavy atom. The lowest BCUT2D eigenvalue weighted by Gasteiger charge is -2.15. The fourth-order valence-corrected chi connectivity index (χ4v) is 3.06. The van der Waals surface area contributed by atoms with Crippen LogP contribution in [-0.4, -0.2) is 0 Å². The second-order valence-electron chi connectivity index (χ2n) is 8.38. The second-order valence-corrected chi connectivity index (χ2v) is 8.38. The minimum Gasteiger partial charge on any atom is -0.0628 e. The van der Waals surface area contributed by atoms with Crippen molar-refractivity contribution in [2.45, 2.75) is 80.1 Å². The van der Waals surface area contributed by atoms with Crippen molar-refractivity contribution >= 4 is 0 Å². The van der Waals surface area contributed by atoms with Gasteiger partial charge in [0.15, 0.2) is 0 Å². The molecule has 0 heteroatoms. The first-order valence-corrected chi connectivity index (χ1v) is 9.44. The van der Waals surface area contributed by atoms with E-state index in [4.69, 9.17) is 0 Å². The molecule has 0 fully saturated rings. The van der Waals surface area contributed by atoms with Crippen molar-refractivity contribution < 1.29 is 0 Å². The molecule has 0 nitrogen and oxygen atoms in total. The van der Waals surface area contributed by atoms with Crippen molar-refractivity contribution in [3.63, 3.8) is 0 Å². The molecule has 1 rings (SSSR count). The normalized spacial score (nSPS) is 14.5. The van der Waals surface area contributed by atoms with Crippen LogP contribution in [0, 0.1) is 23.7 Å². The molecule has 22 heavy (non-hydrogen) atoms. The maximum absolute atomic E-state index is 2.39. The summed E-state index contributed by atoms with van der Waals surface area (Å²) in [6, 6.07) is 9.43. The molecule has 0 saturated carbocycles. The van der Waals surface area contributed by atoms with Crippen LogP contribution >= 0.6 is 0 Å². The van der Waals surface area contributed by atoms with E-state index in [1.165, 1.54) is 49.7 Å². The van der Waals surface area contributed by atoms with Crippen molar-refractivity contribution in [2.75, 3.05) is 0 Å². The zero-order chi connectivity index (χ0) is 16.5. The van der Waals surface area contributed by atoms with Gasteiger partial charge in [-0.15, -0.1) is 0 Å². The number of rotatable bonds is 10. The van der Waals surface area contributed by atoms with E-state index in [9.17, 15) is 0 Å². The van der Waals surface area contributed by atoms with Gasteiger partial charge in [0.05, 0.1) is 0 Å². The summed E-state index contributed by atoms with van der Waals surface area (Å²) in [5.74, 6) is 3.27. The van der Waals surface area contributed by atoms with Crippen LogP contribution in [0.5, 0.6) is 0 Å². The molecular formula is C22H38. The first-order valence-electron chi connectivity index (χ1n) is 9.44. The summed E-state index contributed by atoms with van der Waals surface area (Å²) in [7, 11) is 0. The van der Waals surface area contributed by atoms with E-state index in [-0.39, 0.29) is 0 Å². The lowest BCUT2D eigenvalue weighted by molar-refractivity contribution is 0.446.